The highest BCUT2D eigenvalue weighted by Gasteiger charge is 2.72. The highest BCUT2D eigenvalue weighted by molar-refractivity contribution is 6.31. The molecule has 1 saturated carbocycles. The van der Waals surface area contributed by atoms with Crippen molar-refractivity contribution in [3.05, 3.63) is 40.9 Å². The Hall–Kier alpha value is -2.38. The van der Waals surface area contributed by atoms with Gasteiger partial charge < -0.3 is 20.3 Å². The molecule has 3 heterocycles. The number of unbranched alkanes of at least 4 members (excludes halogenated alkanes) is 3. The number of likely N-dealkylation sites (tertiary alicyclic amines) is 1. The zero-order valence-electron chi connectivity index (χ0n) is 21.8. The van der Waals surface area contributed by atoms with Crippen LogP contribution in [0, 0.1) is 18.8 Å². The number of fused-ring (bicyclic) bond motifs is 1. The maximum absolute atomic E-state index is 13.9. The third-order valence-corrected chi connectivity index (χ3v) is 8.98. The fraction of sp³-hybridized carbons (Fsp3) is 0.621. The van der Waals surface area contributed by atoms with Crippen molar-refractivity contribution in [3.63, 3.8) is 0 Å². The second kappa shape index (κ2) is 10.8. The van der Waals surface area contributed by atoms with Crippen molar-refractivity contribution in [2.45, 2.75) is 95.4 Å². The van der Waals surface area contributed by atoms with Crippen molar-refractivity contribution >= 4 is 35.0 Å². The van der Waals surface area contributed by atoms with E-state index in [4.69, 9.17) is 16.3 Å². The summed E-state index contributed by atoms with van der Waals surface area (Å²) in [7, 11) is 0. The number of halogens is 1. The number of nitrogens with zero attached hydrogens (tertiary/aromatic N) is 1. The second-order valence-corrected chi connectivity index (χ2v) is 11.5. The Kier molecular flexibility index (Phi) is 7.64. The predicted octanol–water partition coefficient (Wildman–Crippen LogP) is 4.77. The van der Waals surface area contributed by atoms with Gasteiger partial charge >= 0.3 is 0 Å². The molecule has 1 spiro atoms. The van der Waals surface area contributed by atoms with Crippen LogP contribution >= 0.6 is 11.6 Å². The first-order chi connectivity index (χ1) is 17.9. The Morgan fingerprint density at radius 2 is 1.92 bits per heavy atom. The predicted molar refractivity (Wildman–Crippen MR) is 143 cm³/mol. The molecule has 0 aromatic heterocycles. The molecule has 0 radical (unpaired) electrons. The summed E-state index contributed by atoms with van der Waals surface area (Å²) in [6, 6.07) is 4.73. The monoisotopic (exact) mass is 527 g/mol. The summed E-state index contributed by atoms with van der Waals surface area (Å²) in [4.78, 5) is 43.0. The molecule has 2 saturated heterocycles. The standard InChI is InChI=1S/C29H38ClN3O4/c1-3-4-5-9-16-33-25(27(35)31-19-10-7-6-8-11-19)29-15-14-22(37-29)23(24(29)28(33)36)26(34)32-20-13-12-18(2)21(30)17-20/h12-15,17,19,22-25H,3-11,16H2,1-2H3,(H,31,35)(H,32,34)/t22-,23-,24-,25+,29+/m1/s1. The van der Waals surface area contributed by atoms with E-state index < -0.39 is 29.6 Å². The minimum Gasteiger partial charge on any atom is -0.359 e. The Bertz CT molecular complexity index is 1080. The van der Waals surface area contributed by atoms with Crippen molar-refractivity contribution in [3.8, 4) is 0 Å². The van der Waals surface area contributed by atoms with Crippen molar-refractivity contribution in [1.29, 1.82) is 0 Å². The fourth-order valence-corrected chi connectivity index (χ4v) is 6.82. The third-order valence-electron chi connectivity index (χ3n) is 8.57. The molecule has 1 aromatic rings. The van der Waals surface area contributed by atoms with Crippen LogP contribution in [-0.4, -0.2) is 53.0 Å². The molecule has 5 atom stereocenters. The number of carbonyl (C=O) groups excluding carboxylic acids is 3. The van der Waals surface area contributed by atoms with E-state index in [0.717, 1.165) is 56.9 Å². The lowest BCUT2D eigenvalue weighted by Crippen LogP contribution is -2.56. The Morgan fingerprint density at radius 3 is 2.65 bits per heavy atom. The minimum absolute atomic E-state index is 0.127. The Labute approximate surface area is 224 Å². The van der Waals surface area contributed by atoms with Crippen LogP contribution in [0.5, 0.6) is 0 Å². The first kappa shape index (κ1) is 26.2. The van der Waals surface area contributed by atoms with E-state index in [1.54, 1.807) is 17.0 Å². The van der Waals surface area contributed by atoms with Gasteiger partial charge in [-0.1, -0.05) is 75.3 Å². The summed E-state index contributed by atoms with van der Waals surface area (Å²) in [6.45, 7) is 4.53. The number of hydrogen-bond acceptors (Lipinski definition) is 4. The highest BCUT2D eigenvalue weighted by Crippen LogP contribution is 2.55. The lowest BCUT2D eigenvalue weighted by molar-refractivity contribution is -0.141. The molecule has 3 fully saturated rings. The van der Waals surface area contributed by atoms with Crippen molar-refractivity contribution < 1.29 is 19.1 Å². The molecule has 0 unspecified atom stereocenters. The summed E-state index contributed by atoms with van der Waals surface area (Å²) in [5.74, 6) is -2.03. The lowest BCUT2D eigenvalue weighted by Gasteiger charge is -2.34. The molecular formula is C29H38ClN3O4. The molecule has 1 aliphatic carbocycles. The topological polar surface area (TPSA) is 87.7 Å². The average Bonchev–Trinajstić information content (AvgIpc) is 3.52. The molecule has 4 aliphatic rings. The zero-order valence-corrected chi connectivity index (χ0v) is 22.6. The van der Waals surface area contributed by atoms with Gasteiger partial charge in [0, 0.05) is 23.3 Å². The molecular weight excluding hydrogens is 490 g/mol. The second-order valence-electron chi connectivity index (χ2n) is 11.1. The van der Waals surface area contributed by atoms with Crippen LogP contribution in [-0.2, 0) is 19.1 Å². The van der Waals surface area contributed by atoms with Gasteiger partial charge in [-0.15, -0.1) is 0 Å². The van der Waals surface area contributed by atoms with Crippen molar-refractivity contribution in [2.24, 2.45) is 11.8 Å². The lowest BCUT2D eigenvalue weighted by atomic mass is 9.74. The summed E-state index contributed by atoms with van der Waals surface area (Å²) in [5.41, 5.74) is 0.384. The number of nitrogens with one attached hydrogen (secondary N) is 2. The number of rotatable bonds is 9. The van der Waals surface area contributed by atoms with E-state index in [9.17, 15) is 14.4 Å². The molecule has 37 heavy (non-hydrogen) atoms. The van der Waals surface area contributed by atoms with E-state index in [1.165, 1.54) is 6.42 Å². The van der Waals surface area contributed by atoms with E-state index in [2.05, 4.69) is 17.6 Å². The van der Waals surface area contributed by atoms with Crippen molar-refractivity contribution in [2.75, 3.05) is 11.9 Å². The van der Waals surface area contributed by atoms with Gasteiger partial charge in [-0.05, 0) is 43.9 Å². The fourth-order valence-electron chi connectivity index (χ4n) is 6.64. The number of aryl methyl sites for hydroxylation is 1. The van der Waals surface area contributed by atoms with Crippen LogP contribution < -0.4 is 10.6 Å². The van der Waals surface area contributed by atoms with Gasteiger partial charge in [-0.25, -0.2) is 0 Å². The molecule has 1 aromatic carbocycles. The molecule has 7 nitrogen and oxygen atoms in total. The van der Waals surface area contributed by atoms with Gasteiger partial charge in [0.1, 0.15) is 11.6 Å². The van der Waals surface area contributed by atoms with E-state index >= 15 is 0 Å². The van der Waals surface area contributed by atoms with Crippen molar-refractivity contribution in [1.82, 2.24) is 10.2 Å². The number of benzene rings is 1. The first-order valence-electron chi connectivity index (χ1n) is 13.9. The molecule has 3 amide bonds. The quantitative estimate of drug-likeness (QED) is 0.358. The number of carbonyl (C=O) groups is 3. The first-order valence-corrected chi connectivity index (χ1v) is 14.3. The van der Waals surface area contributed by atoms with Gasteiger partial charge in [0.15, 0.2) is 0 Å². The largest absolute Gasteiger partial charge is 0.359 e. The SMILES string of the molecule is CCCCCCN1C(=O)[C@H]2[C@H](C(=O)Nc3ccc(C)c(Cl)c3)[C@H]3C=C[C@@]2(O3)[C@@H]1C(=O)NC1CCCCC1. The van der Waals surface area contributed by atoms with Gasteiger partial charge in [-0.2, -0.15) is 0 Å². The van der Waals surface area contributed by atoms with Crippen LogP contribution in [0.1, 0.15) is 70.3 Å². The number of anilines is 1. The maximum atomic E-state index is 13.9. The minimum atomic E-state index is -1.11. The Balaban J connectivity index is 1.40. The van der Waals surface area contributed by atoms with E-state index in [-0.39, 0.29) is 23.8 Å². The van der Waals surface area contributed by atoms with Crippen LogP contribution in [0.3, 0.4) is 0 Å². The molecule has 2 N–H and O–H groups in total. The molecule has 3 aliphatic heterocycles. The van der Waals surface area contributed by atoms with Crippen LogP contribution in [0.25, 0.3) is 0 Å². The summed E-state index contributed by atoms with van der Waals surface area (Å²) in [6.07, 6.45) is 12.5. The smallest absolute Gasteiger partial charge is 0.246 e. The van der Waals surface area contributed by atoms with Crippen LogP contribution in [0.15, 0.2) is 30.4 Å². The number of hydrogen-bond donors (Lipinski definition) is 2. The van der Waals surface area contributed by atoms with Gasteiger partial charge in [0.05, 0.1) is 17.9 Å². The summed E-state index contributed by atoms with van der Waals surface area (Å²) < 4.78 is 6.43. The normalized spacial score (nSPS) is 30.6. The van der Waals surface area contributed by atoms with E-state index in [1.807, 2.05) is 25.1 Å². The van der Waals surface area contributed by atoms with Gasteiger partial charge in [-0.3, -0.25) is 14.4 Å². The molecule has 5 rings (SSSR count). The maximum Gasteiger partial charge on any atom is 0.246 e. The molecule has 200 valence electrons. The Morgan fingerprint density at radius 1 is 1.14 bits per heavy atom. The zero-order chi connectivity index (χ0) is 26.2. The third kappa shape index (κ3) is 4.81. The van der Waals surface area contributed by atoms with Crippen LogP contribution in [0.2, 0.25) is 5.02 Å². The summed E-state index contributed by atoms with van der Waals surface area (Å²) in [5, 5.41) is 6.74. The summed E-state index contributed by atoms with van der Waals surface area (Å²) >= 11 is 6.26. The average molecular weight is 528 g/mol. The number of amides is 3. The number of ether oxygens (including phenoxy) is 1. The van der Waals surface area contributed by atoms with Gasteiger partial charge in [0.2, 0.25) is 17.7 Å². The molecule has 8 heteroatoms. The van der Waals surface area contributed by atoms with E-state index in [0.29, 0.717) is 17.3 Å². The molecule has 2 bridgehead atoms. The highest BCUT2D eigenvalue weighted by atomic mass is 35.5. The van der Waals surface area contributed by atoms with Gasteiger partial charge in [0.25, 0.3) is 0 Å². The van der Waals surface area contributed by atoms with Crippen LogP contribution in [0.4, 0.5) is 5.69 Å².